The molecule has 0 atom stereocenters. The van der Waals surface area contributed by atoms with Gasteiger partial charge in [0.25, 0.3) is 11.6 Å². The number of nitrogens with one attached hydrogen (secondary N) is 1. The van der Waals surface area contributed by atoms with Crippen LogP contribution in [-0.4, -0.2) is 22.6 Å². The predicted molar refractivity (Wildman–Crippen MR) is 93.8 cm³/mol. The summed E-state index contributed by atoms with van der Waals surface area (Å²) in [5.41, 5.74) is 2.64. The van der Waals surface area contributed by atoms with Crippen LogP contribution in [-0.2, 0) is 0 Å². The van der Waals surface area contributed by atoms with E-state index < -0.39 is 0 Å². The van der Waals surface area contributed by atoms with E-state index in [0.29, 0.717) is 40.2 Å². The second kappa shape index (κ2) is 7.42. The summed E-state index contributed by atoms with van der Waals surface area (Å²) in [6.45, 7) is 4.51. The molecule has 1 N–H and O–H groups in total. The zero-order chi connectivity index (χ0) is 17.8. The van der Waals surface area contributed by atoms with Crippen LogP contribution < -0.4 is 5.32 Å². The van der Waals surface area contributed by atoms with E-state index in [0.717, 1.165) is 19.3 Å². The number of hydrogen-bond donors (Lipinski definition) is 1. The van der Waals surface area contributed by atoms with Gasteiger partial charge in [-0.15, -0.1) is 0 Å². The highest BCUT2D eigenvalue weighted by atomic mass is 19.1. The number of rotatable bonds is 6. The lowest BCUT2D eigenvalue weighted by Gasteiger charge is -2.08. The van der Waals surface area contributed by atoms with Gasteiger partial charge in [-0.1, -0.05) is 24.9 Å². The minimum absolute atomic E-state index is 0.182. The van der Waals surface area contributed by atoms with E-state index >= 15 is 0 Å². The van der Waals surface area contributed by atoms with Gasteiger partial charge in [-0.3, -0.25) is 4.79 Å². The number of aromatic nitrogens is 2. The first-order chi connectivity index (χ1) is 12.1. The average Bonchev–Trinajstić information content (AvgIpc) is 2.99. The van der Waals surface area contributed by atoms with Crippen molar-refractivity contribution in [1.29, 1.82) is 0 Å². The van der Waals surface area contributed by atoms with Crippen molar-refractivity contribution in [2.24, 2.45) is 0 Å². The average molecular weight is 341 g/mol. The van der Waals surface area contributed by atoms with Gasteiger partial charge in [-0.25, -0.2) is 9.37 Å². The molecule has 0 aliphatic carbocycles. The summed E-state index contributed by atoms with van der Waals surface area (Å²) in [7, 11) is 0. The highest BCUT2D eigenvalue weighted by molar-refractivity contribution is 6.06. The van der Waals surface area contributed by atoms with E-state index in [1.807, 2.05) is 0 Å². The molecule has 1 aromatic carbocycles. The molecular formula is C19H20FN3O2. The van der Waals surface area contributed by atoms with E-state index in [9.17, 15) is 9.18 Å². The second-order valence-electron chi connectivity index (χ2n) is 5.97. The minimum Gasteiger partial charge on any atom is -0.352 e. The van der Waals surface area contributed by atoms with E-state index in [1.54, 1.807) is 25.1 Å². The van der Waals surface area contributed by atoms with Gasteiger partial charge >= 0.3 is 0 Å². The molecule has 0 unspecified atom stereocenters. The molecule has 3 aromatic rings. The van der Waals surface area contributed by atoms with E-state index in [4.69, 9.17) is 4.52 Å². The fourth-order valence-corrected chi connectivity index (χ4v) is 2.71. The van der Waals surface area contributed by atoms with Crippen LogP contribution in [0.3, 0.4) is 0 Å². The van der Waals surface area contributed by atoms with E-state index in [1.165, 1.54) is 12.1 Å². The van der Waals surface area contributed by atoms with Gasteiger partial charge in [0.1, 0.15) is 5.82 Å². The zero-order valence-electron chi connectivity index (χ0n) is 14.3. The first-order valence-corrected chi connectivity index (χ1v) is 8.41. The second-order valence-corrected chi connectivity index (χ2v) is 5.97. The van der Waals surface area contributed by atoms with Crippen LogP contribution in [0.25, 0.3) is 22.4 Å². The van der Waals surface area contributed by atoms with Crippen LogP contribution in [0.2, 0.25) is 0 Å². The zero-order valence-corrected chi connectivity index (χ0v) is 14.3. The van der Waals surface area contributed by atoms with Crippen molar-refractivity contribution in [3.8, 4) is 11.3 Å². The van der Waals surface area contributed by atoms with Crippen molar-refractivity contribution in [3.63, 3.8) is 0 Å². The van der Waals surface area contributed by atoms with Gasteiger partial charge in [0.15, 0.2) is 0 Å². The maximum atomic E-state index is 13.2. The molecule has 2 aromatic heterocycles. The number of nitrogens with zero attached hydrogens (tertiary/aromatic N) is 2. The summed E-state index contributed by atoms with van der Waals surface area (Å²) in [6.07, 6.45) is 3.10. The Morgan fingerprint density at radius 3 is 2.72 bits per heavy atom. The van der Waals surface area contributed by atoms with Gasteiger partial charge in [-0.2, -0.15) is 0 Å². The Labute approximate surface area is 145 Å². The summed E-state index contributed by atoms with van der Waals surface area (Å²) in [6, 6.07) is 7.66. The molecule has 0 radical (unpaired) electrons. The fraction of sp³-hybridized carbons (Fsp3) is 0.316. The third-order valence-electron chi connectivity index (χ3n) is 4.07. The first kappa shape index (κ1) is 17.1. The van der Waals surface area contributed by atoms with E-state index in [2.05, 4.69) is 22.4 Å². The molecule has 0 saturated heterocycles. The normalized spacial score (nSPS) is 11.0. The third kappa shape index (κ3) is 3.68. The Balaban J connectivity index is 1.98. The Hall–Kier alpha value is -2.76. The number of aryl methyl sites for hydroxylation is 1. The van der Waals surface area contributed by atoms with Crippen LogP contribution in [0.4, 0.5) is 4.39 Å². The van der Waals surface area contributed by atoms with Gasteiger partial charge in [-0.05, 0) is 43.7 Å². The molecule has 0 aliphatic rings. The number of fused-ring (bicyclic) bond motifs is 1. The molecule has 3 rings (SSSR count). The number of benzene rings is 1. The van der Waals surface area contributed by atoms with Gasteiger partial charge in [0.2, 0.25) is 0 Å². The summed E-state index contributed by atoms with van der Waals surface area (Å²) < 4.78 is 18.4. The van der Waals surface area contributed by atoms with Crippen molar-refractivity contribution in [2.45, 2.75) is 33.1 Å². The quantitative estimate of drug-likeness (QED) is 0.680. The number of amides is 1. The molecular weight excluding hydrogens is 321 g/mol. The number of halogens is 1. The van der Waals surface area contributed by atoms with Gasteiger partial charge < -0.3 is 9.84 Å². The van der Waals surface area contributed by atoms with Crippen molar-refractivity contribution in [3.05, 3.63) is 47.4 Å². The van der Waals surface area contributed by atoms with Crippen molar-refractivity contribution in [1.82, 2.24) is 15.5 Å². The molecule has 5 nitrogen and oxygen atoms in total. The van der Waals surface area contributed by atoms with Gasteiger partial charge in [0, 0.05) is 12.1 Å². The Morgan fingerprint density at radius 2 is 2.00 bits per heavy atom. The maximum absolute atomic E-state index is 13.2. The van der Waals surface area contributed by atoms with Gasteiger partial charge in [0.05, 0.1) is 22.3 Å². The largest absolute Gasteiger partial charge is 0.352 e. The highest BCUT2D eigenvalue weighted by Gasteiger charge is 2.19. The molecule has 25 heavy (non-hydrogen) atoms. The molecule has 0 spiro atoms. The predicted octanol–water partition coefficient (Wildman–Crippen LogP) is 4.26. The molecule has 1 amide bonds. The monoisotopic (exact) mass is 341 g/mol. The van der Waals surface area contributed by atoms with Crippen LogP contribution in [0.5, 0.6) is 0 Å². The molecule has 0 aliphatic heterocycles. The lowest BCUT2D eigenvalue weighted by Crippen LogP contribution is -2.24. The Morgan fingerprint density at radius 1 is 1.24 bits per heavy atom. The molecule has 0 bridgehead atoms. The van der Waals surface area contributed by atoms with Crippen LogP contribution in [0.1, 0.15) is 42.2 Å². The van der Waals surface area contributed by atoms with E-state index in [-0.39, 0.29) is 11.7 Å². The van der Waals surface area contributed by atoms with Crippen LogP contribution >= 0.6 is 0 Å². The third-order valence-corrected chi connectivity index (χ3v) is 4.07. The Bertz CT molecular complexity index is 888. The number of carbonyl (C=O) groups excluding carboxylic acids is 1. The number of hydrogen-bond acceptors (Lipinski definition) is 4. The SMILES string of the molecule is CCCCCNC(=O)c1cc(-c2ccc(F)cc2)nc2onc(C)c12. The molecule has 2 heterocycles. The molecule has 0 fully saturated rings. The summed E-state index contributed by atoms with van der Waals surface area (Å²) in [5, 5.41) is 7.46. The van der Waals surface area contributed by atoms with Crippen LogP contribution in [0, 0.1) is 12.7 Å². The summed E-state index contributed by atoms with van der Waals surface area (Å²) >= 11 is 0. The number of pyridine rings is 1. The van der Waals surface area contributed by atoms with Crippen LogP contribution in [0.15, 0.2) is 34.9 Å². The van der Waals surface area contributed by atoms with Crippen molar-refractivity contribution < 1.29 is 13.7 Å². The summed E-state index contributed by atoms with van der Waals surface area (Å²) in [5.74, 6) is -0.507. The first-order valence-electron chi connectivity index (χ1n) is 8.41. The maximum Gasteiger partial charge on any atom is 0.259 e. The molecule has 0 saturated carbocycles. The standard InChI is InChI=1S/C19H20FN3O2/c1-3-4-5-10-21-18(24)15-11-16(13-6-8-14(20)9-7-13)22-19-17(15)12(2)23-25-19/h6-9,11H,3-5,10H2,1-2H3,(H,21,24). The highest BCUT2D eigenvalue weighted by Crippen LogP contribution is 2.27. The van der Waals surface area contributed by atoms with Crippen molar-refractivity contribution in [2.75, 3.05) is 6.54 Å². The molecule has 6 heteroatoms. The minimum atomic E-state index is -0.325. The summed E-state index contributed by atoms with van der Waals surface area (Å²) in [4.78, 5) is 17.1. The number of carbonyl (C=O) groups is 1. The van der Waals surface area contributed by atoms with Crippen molar-refractivity contribution >= 4 is 17.0 Å². The lowest BCUT2D eigenvalue weighted by molar-refractivity contribution is 0.0954. The fourth-order valence-electron chi connectivity index (χ4n) is 2.71. The lowest BCUT2D eigenvalue weighted by atomic mass is 10.0. The smallest absolute Gasteiger partial charge is 0.259 e. The number of unbranched alkanes of at least 4 members (excludes halogenated alkanes) is 2. The molecule has 130 valence electrons. The topological polar surface area (TPSA) is 68.0 Å². The Kier molecular flexibility index (Phi) is 5.07.